The normalized spacial score (nSPS) is 11.3. The van der Waals surface area contributed by atoms with Crippen LogP contribution in [-0.2, 0) is 18.7 Å². The second-order valence-corrected chi connectivity index (χ2v) is 10.2. The first-order chi connectivity index (χ1) is 14.1. The van der Waals surface area contributed by atoms with E-state index in [2.05, 4.69) is 132 Å². The Bertz CT molecular complexity index is 944. The molecule has 2 aromatic carbocycles. The van der Waals surface area contributed by atoms with Crippen molar-refractivity contribution in [3.8, 4) is 11.4 Å². The van der Waals surface area contributed by atoms with Crippen molar-refractivity contribution in [2.24, 2.45) is 0 Å². The summed E-state index contributed by atoms with van der Waals surface area (Å²) in [5, 5.41) is 0. The Balaban J connectivity index is 0.00000256. The van der Waals surface area contributed by atoms with Crippen LogP contribution in [0.3, 0.4) is 0 Å². The maximum atomic E-state index is 3.64. The summed E-state index contributed by atoms with van der Waals surface area (Å²) in [4.78, 5) is 0. The molecule has 1 heterocycles. The average Bonchev–Trinajstić information content (AvgIpc) is 3.07. The van der Waals surface area contributed by atoms with Crippen LogP contribution in [0, 0.1) is 18.7 Å². The number of hydrogen-bond acceptors (Lipinski definition) is 0. The second-order valence-electron chi connectivity index (χ2n) is 9.47. The number of nitrogens with zero attached hydrogens (tertiary/aromatic N) is 2. The van der Waals surface area contributed by atoms with E-state index >= 15 is 0 Å². The van der Waals surface area contributed by atoms with Gasteiger partial charge in [0.15, 0.2) is 0 Å². The molecule has 0 amide bonds. The van der Waals surface area contributed by atoms with E-state index in [0.717, 1.165) is 3.89 Å². The number of imidazole rings is 1. The quantitative estimate of drug-likeness (QED) is 0.225. The third kappa shape index (κ3) is 5.27. The molecule has 0 bridgehead atoms. The van der Waals surface area contributed by atoms with Crippen LogP contribution in [0.2, 0.25) is 0 Å². The van der Waals surface area contributed by atoms with E-state index in [1.807, 2.05) is 0 Å². The number of rotatable bonds is 6. The Morgan fingerprint density at radius 2 is 0.781 bits per heavy atom. The summed E-state index contributed by atoms with van der Waals surface area (Å²) in [5.41, 5.74) is 8.18. The van der Waals surface area contributed by atoms with Gasteiger partial charge in [0.05, 0.1) is 0 Å². The number of benzene rings is 2. The van der Waals surface area contributed by atoms with E-state index in [1.165, 1.54) is 33.6 Å². The molecule has 0 aliphatic carbocycles. The fourth-order valence-electron chi connectivity index (χ4n) is 4.26. The van der Waals surface area contributed by atoms with Gasteiger partial charge in [-0.25, -0.2) is 0 Å². The Morgan fingerprint density at radius 1 is 0.531 bits per heavy atom. The fourth-order valence-corrected chi connectivity index (χ4v) is 4.84. The van der Waals surface area contributed by atoms with Gasteiger partial charge in [-0.15, -0.1) is 0 Å². The number of hydrogen-bond donors (Lipinski definition) is 0. The molecule has 2 nitrogen and oxygen atoms in total. The Kier molecular flexibility index (Phi) is 10.1. The molecule has 0 radical (unpaired) electrons. The van der Waals surface area contributed by atoms with Crippen LogP contribution in [-0.4, -0.2) is 9.13 Å². The zero-order valence-electron chi connectivity index (χ0n) is 21.6. The smallest absolute Gasteiger partial charge is 0.358 e. The van der Waals surface area contributed by atoms with Crippen molar-refractivity contribution in [1.82, 2.24) is 9.13 Å². The number of para-hydroxylation sites is 2. The molecule has 0 N–H and O–H groups in total. The van der Waals surface area contributed by atoms with Crippen molar-refractivity contribution in [3.63, 3.8) is 0 Å². The van der Waals surface area contributed by atoms with Gasteiger partial charge in [0.25, 0.3) is 0 Å². The third-order valence-corrected chi connectivity index (χ3v) is 6.65. The summed E-state index contributed by atoms with van der Waals surface area (Å²) in [6, 6.07) is 13.5. The number of aromatic nitrogens is 2. The van der Waals surface area contributed by atoms with Crippen molar-refractivity contribution in [3.05, 3.63) is 89.8 Å². The van der Waals surface area contributed by atoms with Crippen molar-refractivity contribution >= 4 is 0 Å². The molecule has 3 rings (SSSR count). The zero-order chi connectivity index (χ0) is 22.2. The molecule has 0 unspecified atom stereocenters. The molecule has 0 atom stereocenters. The molecular weight excluding hydrogens is 483 g/mol. The SMILES string of the molecule is CC(C)c1cccc(C(C)C)c1-n1ccn(-c2c(C(C)C)cccc2C(C)C)[c]1=[Pd].[CH3-].[CH3-]. The van der Waals surface area contributed by atoms with Gasteiger partial charge < -0.3 is 14.9 Å². The van der Waals surface area contributed by atoms with Crippen LogP contribution in [0.1, 0.15) is 101 Å². The van der Waals surface area contributed by atoms with Crippen molar-refractivity contribution in [2.75, 3.05) is 0 Å². The third-order valence-electron chi connectivity index (χ3n) is 5.90. The zero-order valence-corrected chi connectivity index (χ0v) is 23.2. The molecule has 0 saturated carbocycles. The predicted molar refractivity (Wildman–Crippen MR) is 138 cm³/mol. The molecule has 3 heteroatoms. The van der Waals surface area contributed by atoms with E-state index in [1.54, 1.807) is 0 Å². The molecular formula is C29H42N2Pd-2. The molecule has 0 saturated heterocycles. The first kappa shape index (κ1) is 28.3. The molecule has 180 valence electrons. The van der Waals surface area contributed by atoms with Gasteiger partial charge in [-0.1, -0.05) is 0 Å². The van der Waals surface area contributed by atoms with Crippen LogP contribution in [0.5, 0.6) is 0 Å². The molecule has 0 aliphatic heterocycles. The minimum Gasteiger partial charge on any atom is -0.358 e. The maximum absolute atomic E-state index is 3.64. The van der Waals surface area contributed by atoms with E-state index in [9.17, 15) is 0 Å². The summed E-state index contributed by atoms with van der Waals surface area (Å²) >= 11 is 3.64. The first-order valence-electron chi connectivity index (χ1n) is 11.2. The van der Waals surface area contributed by atoms with Crippen LogP contribution >= 0.6 is 0 Å². The van der Waals surface area contributed by atoms with Gasteiger partial charge in [0.2, 0.25) is 0 Å². The van der Waals surface area contributed by atoms with Crippen molar-refractivity contribution in [2.45, 2.75) is 79.1 Å². The van der Waals surface area contributed by atoms with Crippen LogP contribution in [0.25, 0.3) is 11.4 Å². The second kappa shape index (κ2) is 11.4. The van der Waals surface area contributed by atoms with Gasteiger partial charge in [0.1, 0.15) is 0 Å². The van der Waals surface area contributed by atoms with E-state index in [-0.39, 0.29) is 14.9 Å². The predicted octanol–water partition coefficient (Wildman–Crippen LogP) is 8.74. The van der Waals surface area contributed by atoms with E-state index in [4.69, 9.17) is 0 Å². The van der Waals surface area contributed by atoms with E-state index in [0.29, 0.717) is 23.7 Å². The standard InChI is InChI=1S/C27H36N2.2CH3.Pd/c1-18(2)22-11-9-12-23(19(3)4)26(22)28-15-16-29(17-28)27-24(20(5)6)13-10-14-25(27)21(7)8;;;/h9-16,18-21H,1-8H3;2*1H3;/q;2*-1;. The Morgan fingerprint density at radius 3 is 1.00 bits per heavy atom. The summed E-state index contributed by atoms with van der Waals surface area (Å²) < 4.78 is 5.78. The van der Waals surface area contributed by atoms with E-state index < -0.39 is 0 Å². The summed E-state index contributed by atoms with van der Waals surface area (Å²) in [6.07, 6.45) is 4.43. The van der Waals surface area contributed by atoms with Gasteiger partial charge in [-0.2, -0.15) is 0 Å². The summed E-state index contributed by atoms with van der Waals surface area (Å²) in [6.45, 7) is 18.2. The average molecular weight is 525 g/mol. The maximum Gasteiger partial charge on any atom is -0.358 e. The van der Waals surface area contributed by atoms with Crippen molar-refractivity contribution in [1.29, 1.82) is 0 Å². The first-order valence-corrected chi connectivity index (χ1v) is 11.9. The minimum absolute atomic E-state index is 0. The molecule has 32 heavy (non-hydrogen) atoms. The summed E-state index contributed by atoms with van der Waals surface area (Å²) in [5.74, 6) is 1.83. The molecule has 0 spiro atoms. The van der Waals surface area contributed by atoms with Gasteiger partial charge in [-0.3, -0.25) is 0 Å². The van der Waals surface area contributed by atoms with Gasteiger partial charge in [-0.05, 0) is 0 Å². The van der Waals surface area contributed by atoms with Crippen LogP contribution < -0.4 is 0 Å². The van der Waals surface area contributed by atoms with Crippen LogP contribution in [0.4, 0.5) is 0 Å². The summed E-state index contributed by atoms with van der Waals surface area (Å²) in [7, 11) is 0. The fraction of sp³-hybridized carbons (Fsp3) is 0.414. The Labute approximate surface area is 207 Å². The van der Waals surface area contributed by atoms with Crippen LogP contribution in [0.15, 0.2) is 48.8 Å². The Hall–Kier alpha value is -1.69. The largest absolute Gasteiger partial charge is 0.358 e. The molecule has 1 aromatic heterocycles. The minimum atomic E-state index is 0. The topological polar surface area (TPSA) is 9.86 Å². The monoisotopic (exact) mass is 524 g/mol. The van der Waals surface area contributed by atoms with Gasteiger partial charge >= 0.3 is 193 Å². The molecule has 0 aliphatic rings. The molecule has 3 aromatic rings. The van der Waals surface area contributed by atoms with Gasteiger partial charge in [0, 0.05) is 0 Å². The van der Waals surface area contributed by atoms with Crippen molar-refractivity contribution < 1.29 is 18.7 Å². The molecule has 0 fully saturated rings.